The fourth-order valence-corrected chi connectivity index (χ4v) is 0.923. The fraction of sp³-hybridized carbons (Fsp3) is 0.375. The Morgan fingerprint density at radius 3 is 2.62 bits per heavy atom. The largest absolute Gasteiger partial charge is 0.476 e. The summed E-state index contributed by atoms with van der Waals surface area (Å²) in [7, 11) is 0. The molecule has 0 radical (unpaired) electrons. The lowest BCUT2D eigenvalue weighted by molar-refractivity contribution is 0.0686. The molecular weight excluding hydrogens is 172 g/mol. The molecule has 0 amide bonds. The van der Waals surface area contributed by atoms with Crippen molar-refractivity contribution in [2.75, 3.05) is 0 Å². The van der Waals surface area contributed by atoms with Crippen molar-refractivity contribution in [3.8, 4) is 0 Å². The van der Waals surface area contributed by atoms with Crippen molar-refractivity contribution in [3.63, 3.8) is 0 Å². The van der Waals surface area contributed by atoms with Gasteiger partial charge in [0.2, 0.25) is 0 Å². The Morgan fingerprint density at radius 1 is 1.69 bits per heavy atom. The van der Waals surface area contributed by atoms with Crippen LogP contribution in [0.25, 0.3) is 0 Å². The van der Waals surface area contributed by atoms with Crippen LogP contribution in [0, 0.1) is 0 Å². The first-order chi connectivity index (χ1) is 6.06. The van der Waals surface area contributed by atoms with Crippen molar-refractivity contribution in [2.45, 2.75) is 19.9 Å². The highest BCUT2D eigenvalue weighted by Crippen LogP contribution is 2.09. The average molecular weight is 182 g/mol. The van der Waals surface area contributed by atoms with E-state index in [1.165, 1.54) is 10.9 Å². The summed E-state index contributed by atoms with van der Waals surface area (Å²) >= 11 is 0. The summed E-state index contributed by atoms with van der Waals surface area (Å²) in [4.78, 5) is 21.0. The predicted octanol–water partition coefficient (Wildman–Crippen LogP) is 0.975. The number of nitrogens with zero attached hydrogens (tertiary/aromatic N) is 2. The minimum absolute atomic E-state index is 0.0480. The van der Waals surface area contributed by atoms with Gasteiger partial charge in [-0.15, -0.1) is 0 Å². The van der Waals surface area contributed by atoms with Crippen molar-refractivity contribution in [1.29, 1.82) is 0 Å². The van der Waals surface area contributed by atoms with Crippen LogP contribution in [0.4, 0.5) is 0 Å². The van der Waals surface area contributed by atoms with E-state index in [1.807, 2.05) is 13.8 Å². The Morgan fingerprint density at radius 2 is 2.31 bits per heavy atom. The minimum Gasteiger partial charge on any atom is -0.476 e. The topological polar surface area (TPSA) is 72.2 Å². The molecule has 1 aromatic heterocycles. The lowest BCUT2D eigenvalue weighted by Gasteiger charge is -2.02. The van der Waals surface area contributed by atoms with E-state index in [-0.39, 0.29) is 17.3 Å². The van der Waals surface area contributed by atoms with Gasteiger partial charge in [0.25, 0.3) is 0 Å². The van der Waals surface area contributed by atoms with E-state index in [4.69, 9.17) is 5.11 Å². The number of aldehydes is 1. The second kappa shape index (κ2) is 3.38. The third kappa shape index (κ3) is 1.74. The molecule has 13 heavy (non-hydrogen) atoms. The van der Waals surface area contributed by atoms with Gasteiger partial charge in [-0.1, -0.05) is 0 Å². The Bertz CT molecular complexity index is 341. The highest BCUT2D eigenvalue weighted by molar-refractivity contribution is 5.95. The first kappa shape index (κ1) is 9.44. The van der Waals surface area contributed by atoms with Crippen molar-refractivity contribution in [2.24, 2.45) is 0 Å². The number of carbonyl (C=O) groups excluding carboxylic acids is 1. The maximum Gasteiger partial charge on any atom is 0.357 e. The SMILES string of the molecule is CC(C)n1cc(C=O)c(C(=O)O)n1. The van der Waals surface area contributed by atoms with Crippen LogP contribution in [0.3, 0.4) is 0 Å². The number of carbonyl (C=O) groups is 2. The Balaban J connectivity index is 3.19. The van der Waals surface area contributed by atoms with Crippen molar-refractivity contribution >= 4 is 12.3 Å². The summed E-state index contributed by atoms with van der Waals surface area (Å²) in [6, 6.07) is 0.0480. The van der Waals surface area contributed by atoms with Crippen LogP contribution in [0.15, 0.2) is 6.20 Å². The molecule has 0 spiro atoms. The lowest BCUT2D eigenvalue weighted by Crippen LogP contribution is -2.04. The maximum absolute atomic E-state index is 10.6. The van der Waals surface area contributed by atoms with Gasteiger partial charge in [-0.3, -0.25) is 9.48 Å². The van der Waals surface area contributed by atoms with Crippen LogP contribution >= 0.6 is 0 Å². The third-order valence-corrected chi connectivity index (χ3v) is 1.62. The number of carboxylic acid groups (broad SMARTS) is 1. The van der Waals surface area contributed by atoms with E-state index in [0.717, 1.165) is 0 Å². The molecule has 0 aliphatic heterocycles. The normalized spacial score (nSPS) is 10.4. The molecule has 0 atom stereocenters. The van der Waals surface area contributed by atoms with Gasteiger partial charge in [0.15, 0.2) is 12.0 Å². The lowest BCUT2D eigenvalue weighted by atomic mass is 10.3. The molecule has 0 aromatic carbocycles. The van der Waals surface area contributed by atoms with Gasteiger partial charge in [0.05, 0.1) is 5.56 Å². The summed E-state index contributed by atoms with van der Waals surface area (Å²) in [5.41, 5.74) is -0.0788. The summed E-state index contributed by atoms with van der Waals surface area (Å²) in [6.45, 7) is 3.71. The second-order valence-corrected chi connectivity index (χ2v) is 2.93. The molecule has 0 unspecified atom stereocenters. The maximum atomic E-state index is 10.6. The number of hydrogen-bond acceptors (Lipinski definition) is 3. The number of carboxylic acids is 1. The van der Waals surface area contributed by atoms with Crippen LogP contribution in [-0.4, -0.2) is 27.1 Å². The molecule has 1 N–H and O–H groups in total. The van der Waals surface area contributed by atoms with Gasteiger partial charge in [0, 0.05) is 12.2 Å². The second-order valence-electron chi connectivity index (χ2n) is 2.93. The van der Waals surface area contributed by atoms with E-state index in [1.54, 1.807) is 0 Å². The molecule has 0 saturated heterocycles. The zero-order valence-corrected chi connectivity index (χ0v) is 7.39. The van der Waals surface area contributed by atoms with Gasteiger partial charge >= 0.3 is 5.97 Å². The number of rotatable bonds is 3. The van der Waals surface area contributed by atoms with Gasteiger partial charge in [-0.05, 0) is 13.8 Å². The van der Waals surface area contributed by atoms with Crippen LogP contribution in [-0.2, 0) is 0 Å². The molecule has 0 saturated carbocycles. The van der Waals surface area contributed by atoms with E-state index in [2.05, 4.69) is 5.10 Å². The van der Waals surface area contributed by atoms with Crippen LogP contribution < -0.4 is 0 Å². The molecule has 1 aromatic rings. The highest BCUT2D eigenvalue weighted by atomic mass is 16.4. The van der Waals surface area contributed by atoms with Gasteiger partial charge in [0.1, 0.15) is 0 Å². The number of aromatic carboxylic acids is 1. The summed E-state index contributed by atoms with van der Waals surface area (Å²) in [6.07, 6.45) is 1.93. The van der Waals surface area contributed by atoms with Gasteiger partial charge < -0.3 is 5.11 Å². The molecule has 70 valence electrons. The number of aromatic nitrogens is 2. The molecule has 1 heterocycles. The highest BCUT2D eigenvalue weighted by Gasteiger charge is 2.15. The molecule has 0 fully saturated rings. The summed E-state index contributed by atoms with van der Waals surface area (Å²) in [5, 5.41) is 12.4. The Labute approximate surface area is 75.0 Å². The minimum atomic E-state index is -1.18. The molecule has 5 nitrogen and oxygen atoms in total. The summed E-state index contributed by atoms with van der Waals surface area (Å²) in [5.74, 6) is -1.18. The van der Waals surface area contributed by atoms with E-state index in [0.29, 0.717) is 6.29 Å². The first-order valence-electron chi connectivity index (χ1n) is 3.84. The third-order valence-electron chi connectivity index (χ3n) is 1.62. The van der Waals surface area contributed by atoms with Crippen molar-refractivity contribution in [1.82, 2.24) is 9.78 Å². The quantitative estimate of drug-likeness (QED) is 0.707. The zero-order valence-electron chi connectivity index (χ0n) is 7.39. The van der Waals surface area contributed by atoms with Crippen LogP contribution in [0.5, 0.6) is 0 Å². The van der Waals surface area contributed by atoms with Crippen molar-refractivity contribution in [3.05, 3.63) is 17.5 Å². The smallest absolute Gasteiger partial charge is 0.357 e. The molecule has 0 aliphatic rings. The average Bonchev–Trinajstić information content (AvgIpc) is 2.47. The first-order valence-corrected chi connectivity index (χ1v) is 3.84. The van der Waals surface area contributed by atoms with E-state index >= 15 is 0 Å². The molecule has 0 aliphatic carbocycles. The Hall–Kier alpha value is -1.65. The molecular formula is C8H10N2O3. The zero-order chi connectivity index (χ0) is 10.0. The monoisotopic (exact) mass is 182 g/mol. The number of hydrogen-bond donors (Lipinski definition) is 1. The Kier molecular flexibility index (Phi) is 2.46. The molecule has 5 heteroatoms. The molecule has 1 rings (SSSR count). The van der Waals surface area contributed by atoms with Gasteiger partial charge in [-0.2, -0.15) is 5.10 Å². The standard InChI is InChI=1S/C8H10N2O3/c1-5(2)10-3-6(4-11)7(9-10)8(12)13/h3-5H,1-2H3,(H,12,13). The summed E-state index contributed by atoms with van der Waals surface area (Å²) < 4.78 is 1.45. The fourth-order valence-electron chi connectivity index (χ4n) is 0.923. The van der Waals surface area contributed by atoms with Gasteiger partial charge in [-0.25, -0.2) is 4.79 Å². The van der Waals surface area contributed by atoms with Crippen LogP contribution in [0.2, 0.25) is 0 Å². The van der Waals surface area contributed by atoms with E-state index in [9.17, 15) is 9.59 Å². The molecule has 0 bridgehead atoms. The van der Waals surface area contributed by atoms with Crippen LogP contribution in [0.1, 0.15) is 40.7 Å². The van der Waals surface area contributed by atoms with E-state index < -0.39 is 5.97 Å². The van der Waals surface area contributed by atoms with Crippen molar-refractivity contribution < 1.29 is 14.7 Å². The predicted molar refractivity (Wildman–Crippen MR) is 45.0 cm³/mol.